The summed E-state index contributed by atoms with van der Waals surface area (Å²) in [5, 5.41) is 2.85. The summed E-state index contributed by atoms with van der Waals surface area (Å²) in [6, 6.07) is 10.7. The fourth-order valence-corrected chi connectivity index (χ4v) is 1.91. The zero-order valence-electron chi connectivity index (χ0n) is 12.8. The minimum absolute atomic E-state index is 0.274. The smallest absolute Gasteiger partial charge is 0.261 e. The fourth-order valence-electron chi connectivity index (χ4n) is 1.91. The number of amides is 1. The number of para-hydroxylation sites is 2. The Bertz CT molecular complexity index is 629. The number of rotatable bonds is 7. The number of carbonyl (C=O) groups is 1. The van der Waals surface area contributed by atoms with Gasteiger partial charge in [-0.15, -0.1) is 0 Å². The fraction of sp³-hybridized carbons (Fsp3) is 0.294. The van der Waals surface area contributed by atoms with E-state index >= 15 is 0 Å². The molecule has 2 aromatic rings. The van der Waals surface area contributed by atoms with Crippen LogP contribution in [0.5, 0.6) is 11.6 Å². The zero-order valence-corrected chi connectivity index (χ0v) is 12.8. The van der Waals surface area contributed by atoms with Crippen molar-refractivity contribution >= 4 is 11.6 Å². The van der Waals surface area contributed by atoms with Crippen molar-refractivity contribution in [2.24, 2.45) is 0 Å². The van der Waals surface area contributed by atoms with Gasteiger partial charge in [-0.2, -0.15) is 0 Å². The van der Waals surface area contributed by atoms with Crippen LogP contribution in [0.4, 0.5) is 5.69 Å². The van der Waals surface area contributed by atoms with E-state index in [0.717, 1.165) is 6.42 Å². The lowest BCUT2D eigenvalue weighted by Gasteiger charge is -2.13. The third-order valence-corrected chi connectivity index (χ3v) is 2.89. The van der Waals surface area contributed by atoms with Crippen molar-refractivity contribution < 1.29 is 14.3 Å². The van der Waals surface area contributed by atoms with E-state index < -0.39 is 0 Å². The molecule has 0 aliphatic carbocycles. The SMILES string of the molecule is CCCOc1ccccc1NC(=O)c1cccnc1OCC. The Morgan fingerprint density at radius 1 is 1.14 bits per heavy atom. The molecule has 5 nitrogen and oxygen atoms in total. The molecule has 0 unspecified atom stereocenters. The Balaban J connectivity index is 2.19. The molecule has 0 fully saturated rings. The van der Waals surface area contributed by atoms with Gasteiger partial charge >= 0.3 is 0 Å². The van der Waals surface area contributed by atoms with E-state index in [1.165, 1.54) is 0 Å². The Morgan fingerprint density at radius 3 is 2.73 bits per heavy atom. The number of hydrogen-bond donors (Lipinski definition) is 1. The standard InChI is InChI=1S/C17H20N2O3/c1-3-12-22-15-10-6-5-9-14(15)19-16(20)13-8-7-11-18-17(13)21-4-2/h5-11H,3-4,12H2,1-2H3,(H,19,20). The number of hydrogen-bond acceptors (Lipinski definition) is 4. The molecule has 1 aromatic carbocycles. The predicted octanol–water partition coefficient (Wildman–Crippen LogP) is 3.52. The molecular formula is C17H20N2O3. The molecule has 0 bridgehead atoms. The predicted molar refractivity (Wildman–Crippen MR) is 85.6 cm³/mol. The maximum atomic E-state index is 12.4. The van der Waals surface area contributed by atoms with Crippen LogP contribution in [0.15, 0.2) is 42.6 Å². The van der Waals surface area contributed by atoms with E-state index in [9.17, 15) is 4.79 Å². The number of aromatic nitrogens is 1. The molecule has 5 heteroatoms. The van der Waals surface area contributed by atoms with Crippen LogP contribution in [0.2, 0.25) is 0 Å². The minimum atomic E-state index is -0.274. The molecule has 0 atom stereocenters. The highest BCUT2D eigenvalue weighted by molar-refractivity contribution is 6.06. The third kappa shape index (κ3) is 3.97. The lowest BCUT2D eigenvalue weighted by atomic mass is 10.2. The number of ether oxygens (including phenoxy) is 2. The lowest BCUT2D eigenvalue weighted by molar-refractivity contribution is 0.102. The number of anilines is 1. The molecule has 0 spiro atoms. The van der Waals surface area contributed by atoms with Crippen LogP contribution >= 0.6 is 0 Å². The van der Waals surface area contributed by atoms with Gasteiger partial charge in [0.1, 0.15) is 11.3 Å². The average Bonchev–Trinajstić information content (AvgIpc) is 2.55. The lowest BCUT2D eigenvalue weighted by Crippen LogP contribution is -2.15. The molecule has 116 valence electrons. The van der Waals surface area contributed by atoms with E-state index in [1.54, 1.807) is 24.4 Å². The third-order valence-electron chi connectivity index (χ3n) is 2.89. The Morgan fingerprint density at radius 2 is 1.95 bits per heavy atom. The summed E-state index contributed by atoms with van der Waals surface area (Å²) in [7, 11) is 0. The number of benzene rings is 1. The van der Waals surface area contributed by atoms with Crippen molar-refractivity contribution in [1.82, 2.24) is 4.98 Å². The van der Waals surface area contributed by atoms with Gasteiger partial charge in [-0.05, 0) is 37.6 Å². The first-order valence-corrected chi connectivity index (χ1v) is 7.37. The van der Waals surface area contributed by atoms with Crippen molar-refractivity contribution in [3.8, 4) is 11.6 Å². The van der Waals surface area contributed by atoms with Crippen molar-refractivity contribution in [2.45, 2.75) is 20.3 Å². The van der Waals surface area contributed by atoms with Gasteiger partial charge in [0.2, 0.25) is 5.88 Å². The van der Waals surface area contributed by atoms with Gasteiger partial charge in [0, 0.05) is 6.20 Å². The highest BCUT2D eigenvalue weighted by atomic mass is 16.5. The van der Waals surface area contributed by atoms with Gasteiger partial charge in [-0.1, -0.05) is 19.1 Å². The molecule has 0 radical (unpaired) electrons. The van der Waals surface area contributed by atoms with Gasteiger partial charge in [0.25, 0.3) is 5.91 Å². The van der Waals surface area contributed by atoms with Gasteiger partial charge in [-0.25, -0.2) is 4.98 Å². The van der Waals surface area contributed by atoms with E-state index in [4.69, 9.17) is 9.47 Å². The van der Waals surface area contributed by atoms with Gasteiger partial charge in [0.05, 0.1) is 18.9 Å². The summed E-state index contributed by atoms with van der Waals surface area (Å²) in [4.78, 5) is 16.5. The average molecular weight is 300 g/mol. The van der Waals surface area contributed by atoms with Gasteiger partial charge < -0.3 is 14.8 Å². The summed E-state index contributed by atoms with van der Waals surface area (Å²) < 4.78 is 11.0. The minimum Gasteiger partial charge on any atom is -0.491 e. The normalized spacial score (nSPS) is 10.1. The summed E-state index contributed by atoms with van der Waals surface area (Å²) in [5.74, 6) is 0.707. The van der Waals surface area contributed by atoms with E-state index in [2.05, 4.69) is 10.3 Å². The highest BCUT2D eigenvalue weighted by Crippen LogP contribution is 2.25. The van der Waals surface area contributed by atoms with Crippen LogP contribution in [0, 0.1) is 0 Å². The van der Waals surface area contributed by atoms with Gasteiger partial charge in [0.15, 0.2) is 0 Å². The van der Waals surface area contributed by atoms with E-state index in [0.29, 0.717) is 36.1 Å². The zero-order chi connectivity index (χ0) is 15.8. The molecule has 22 heavy (non-hydrogen) atoms. The van der Waals surface area contributed by atoms with Crippen LogP contribution < -0.4 is 14.8 Å². The van der Waals surface area contributed by atoms with Gasteiger partial charge in [-0.3, -0.25) is 4.79 Å². The molecule has 1 N–H and O–H groups in total. The molecule has 1 amide bonds. The first kappa shape index (κ1) is 15.8. The Labute approximate surface area is 130 Å². The summed E-state index contributed by atoms with van der Waals surface area (Å²) in [5.41, 5.74) is 1.03. The van der Waals surface area contributed by atoms with E-state index in [-0.39, 0.29) is 5.91 Å². The van der Waals surface area contributed by atoms with Crippen molar-refractivity contribution in [3.63, 3.8) is 0 Å². The molecule has 0 aliphatic heterocycles. The maximum absolute atomic E-state index is 12.4. The second-order valence-corrected chi connectivity index (χ2v) is 4.59. The summed E-state index contributed by atoms with van der Waals surface area (Å²) in [6.07, 6.45) is 2.50. The molecule has 2 rings (SSSR count). The molecular weight excluding hydrogens is 280 g/mol. The molecule has 0 saturated heterocycles. The first-order valence-electron chi connectivity index (χ1n) is 7.37. The maximum Gasteiger partial charge on any atom is 0.261 e. The molecule has 0 aliphatic rings. The number of nitrogens with zero attached hydrogens (tertiary/aromatic N) is 1. The number of pyridine rings is 1. The van der Waals surface area contributed by atoms with Crippen LogP contribution in [0.3, 0.4) is 0 Å². The molecule has 1 heterocycles. The second-order valence-electron chi connectivity index (χ2n) is 4.59. The van der Waals surface area contributed by atoms with E-state index in [1.807, 2.05) is 32.0 Å². The second kappa shape index (κ2) is 8.02. The number of carbonyl (C=O) groups excluding carboxylic acids is 1. The van der Waals surface area contributed by atoms with Crippen LogP contribution in [0.25, 0.3) is 0 Å². The first-order chi connectivity index (χ1) is 10.8. The molecule has 1 aromatic heterocycles. The molecule has 0 saturated carbocycles. The van der Waals surface area contributed by atoms with Crippen LogP contribution in [0.1, 0.15) is 30.6 Å². The monoisotopic (exact) mass is 300 g/mol. The highest BCUT2D eigenvalue weighted by Gasteiger charge is 2.15. The van der Waals surface area contributed by atoms with Crippen molar-refractivity contribution in [3.05, 3.63) is 48.2 Å². The van der Waals surface area contributed by atoms with Crippen molar-refractivity contribution in [2.75, 3.05) is 18.5 Å². The summed E-state index contributed by atoms with van der Waals surface area (Å²) in [6.45, 7) is 4.94. The topological polar surface area (TPSA) is 60.5 Å². The quantitative estimate of drug-likeness (QED) is 0.850. The Hall–Kier alpha value is -2.56. The number of nitrogens with one attached hydrogen (secondary N) is 1. The largest absolute Gasteiger partial charge is 0.491 e. The van der Waals surface area contributed by atoms with Crippen molar-refractivity contribution in [1.29, 1.82) is 0 Å². The summed E-state index contributed by atoms with van der Waals surface area (Å²) >= 11 is 0. The Kier molecular flexibility index (Phi) is 5.77. The van der Waals surface area contributed by atoms with Crippen LogP contribution in [-0.4, -0.2) is 24.1 Å². The van der Waals surface area contributed by atoms with Crippen LogP contribution in [-0.2, 0) is 0 Å².